The molecular formula is C18H12IN3OS2. The molecule has 0 radical (unpaired) electrons. The molecule has 124 valence electrons. The predicted octanol–water partition coefficient (Wildman–Crippen LogP) is 5.46. The lowest BCUT2D eigenvalue weighted by molar-refractivity contribution is 0.103. The summed E-state index contributed by atoms with van der Waals surface area (Å²) in [6.07, 6.45) is 0. The van der Waals surface area contributed by atoms with Gasteiger partial charge in [0.15, 0.2) is 0 Å². The van der Waals surface area contributed by atoms with Gasteiger partial charge in [0, 0.05) is 8.96 Å². The second-order valence-electron chi connectivity index (χ2n) is 5.31. The van der Waals surface area contributed by atoms with Crippen molar-refractivity contribution in [1.82, 2.24) is 4.98 Å². The van der Waals surface area contributed by atoms with E-state index in [1.807, 2.05) is 53.9 Å². The number of carbonyl (C=O) groups excluding carboxylic acids is 1. The topological polar surface area (TPSA) is 68.0 Å². The third-order valence-corrected chi connectivity index (χ3v) is 6.64. The average Bonchev–Trinajstić information content (AvgIpc) is 3.25. The highest BCUT2D eigenvalue weighted by atomic mass is 127. The zero-order valence-electron chi connectivity index (χ0n) is 12.8. The number of amides is 1. The monoisotopic (exact) mass is 477 g/mol. The Morgan fingerprint density at radius 3 is 2.72 bits per heavy atom. The average molecular weight is 477 g/mol. The summed E-state index contributed by atoms with van der Waals surface area (Å²) in [6, 6.07) is 15.5. The molecule has 0 aliphatic carbocycles. The lowest BCUT2D eigenvalue weighted by atomic mass is 10.2. The maximum atomic E-state index is 12.7. The number of rotatable bonds is 3. The van der Waals surface area contributed by atoms with Gasteiger partial charge in [0.25, 0.3) is 5.91 Å². The lowest BCUT2D eigenvalue weighted by Gasteiger charge is -2.06. The number of nitrogen functional groups attached to an aromatic ring is 1. The number of hydrogen-bond donors (Lipinski definition) is 2. The van der Waals surface area contributed by atoms with E-state index in [0.717, 1.165) is 30.0 Å². The van der Waals surface area contributed by atoms with Crippen LogP contribution in [-0.2, 0) is 0 Å². The van der Waals surface area contributed by atoms with Crippen molar-refractivity contribution >= 4 is 72.8 Å². The van der Waals surface area contributed by atoms with Gasteiger partial charge in [0.1, 0.15) is 9.71 Å². The molecule has 3 aromatic heterocycles. The molecule has 0 fully saturated rings. The van der Waals surface area contributed by atoms with Crippen molar-refractivity contribution in [2.75, 3.05) is 11.1 Å². The van der Waals surface area contributed by atoms with Gasteiger partial charge in [0.05, 0.1) is 21.9 Å². The molecule has 0 aliphatic rings. The molecule has 7 heteroatoms. The summed E-state index contributed by atoms with van der Waals surface area (Å²) >= 11 is 5.15. The molecule has 1 aromatic carbocycles. The molecule has 1 amide bonds. The van der Waals surface area contributed by atoms with Crippen molar-refractivity contribution in [2.45, 2.75) is 0 Å². The van der Waals surface area contributed by atoms with Gasteiger partial charge in [-0.25, -0.2) is 4.98 Å². The summed E-state index contributed by atoms with van der Waals surface area (Å²) in [5.74, 6) is -0.206. The maximum Gasteiger partial charge on any atom is 0.267 e. The van der Waals surface area contributed by atoms with Gasteiger partial charge in [-0.3, -0.25) is 4.79 Å². The van der Waals surface area contributed by atoms with Gasteiger partial charge < -0.3 is 11.1 Å². The van der Waals surface area contributed by atoms with Crippen LogP contribution < -0.4 is 11.1 Å². The van der Waals surface area contributed by atoms with Gasteiger partial charge in [-0.2, -0.15) is 0 Å². The standard InChI is InChI=1S/C18H12IN3OS2/c19-11-4-1-2-5-12(11)21-17(23)16-15(20)10-7-8-13(22-18(10)25-16)14-6-3-9-24-14/h1-9H,20H2,(H,21,23). The Balaban J connectivity index is 1.71. The molecule has 0 saturated heterocycles. The second-order valence-corrected chi connectivity index (χ2v) is 8.41. The number of nitrogens with zero attached hydrogens (tertiary/aromatic N) is 1. The number of hydrogen-bond acceptors (Lipinski definition) is 5. The highest BCUT2D eigenvalue weighted by molar-refractivity contribution is 14.1. The minimum atomic E-state index is -0.206. The molecule has 0 saturated carbocycles. The summed E-state index contributed by atoms with van der Waals surface area (Å²) in [5.41, 5.74) is 8.36. The molecule has 3 heterocycles. The number of nitrogens with two attached hydrogens (primary N) is 1. The van der Waals surface area contributed by atoms with E-state index in [-0.39, 0.29) is 5.91 Å². The maximum absolute atomic E-state index is 12.7. The van der Waals surface area contributed by atoms with Crippen molar-refractivity contribution in [3.8, 4) is 10.6 Å². The lowest BCUT2D eigenvalue weighted by Crippen LogP contribution is -2.12. The van der Waals surface area contributed by atoms with Crippen LogP contribution in [0.25, 0.3) is 20.8 Å². The van der Waals surface area contributed by atoms with Crippen molar-refractivity contribution in [2.24, 2.45) is 0 Å². The molecule has 0 bridgehead atoms. The highest BCUT2D eigenvalue weighted by Gasteiger charge is 2.18. The third-order valence-electron chi connectivity index (χ3n) is 3.70. The van der Waals surface area contributed by atoms with Crippen LogP contribution >= 0.6 is 45.3 Å². The SMILES string of the molecule is Nc1c(C(=O)Nc2ccccc2I)sc2nc(-c3cccs3)ccc12. The summed E-state index contributed by atoms with van der Waals surface area (Å²) in [4.78, 5) is 19.7. The van der Waals surface area contributed by atoms with Crippen LogP contribution in [-0.4, -0.2) is 10.9 Å². The van der Waals surface area contributed by atoms with Gasteiger partial charge in [-0.1, -0.05) is 18.2 Å². The summed E-state index contributed by atoms with van der Waals surface area (Å²) < 4.78 is 0.978. The van der Waals surface area contributed by atoms with Crippen molar-refractivity contribution in [3.05, 3.63) is 62.4 Å². The van der Waals surface area contributed by atoms with E-state index in [9.17, 15) is 4.79 Å². The minimum absolute atomic E-state index is 0.206. The van der Waals surface area contributed by atoms with Crippen LogP contribution in [0.5, 0.6) is 0 Å². The molecule has 4 rings (SSSR count). The second kappa shape index (κ2) is 6.74. The van der Waals surface area contributed by atoms with E-state index in [4.69, 9.17) is 5.73 Å². The van der Waals surface area contributed by atoms with Crippen LogP contribution in [0.2, 0.25) is 0 Å². The molecule has 3 N–H and O–H groups in total. The first-order valence-electron chi connectivity index (χ1n) is 7.42. The third kappa shape index (κ3) is 3.14. The van der Waals surface area contributed by atoms with Gasteiger partial charge in [0.2, 0.25) is 0 Å². The number of carbonyl (C=O) groups is 1. The number of aromatic nitrogens is 1. The number of benzene rings is 1. The largest absolute Gasteiger partial charge is 0.397 e. The van der Waals surface area contributed by atoms with E-state index < -0.39 is 0 Å². The number of halogens is 1. The zero-order chi connectivity index (χ0) is 17.4. The fourth-order valence-corrected chi connectivity index (χ4v) is 4.68. The van der Waals surface area contributed by atoms with Gasteiger partial charge in [-0.05, 0) is 58.3 Å². The fraction of sp³-hybridized carbons (Fsp3) is 0. The van der Waals surface area contributed by atoms with Gasteiger partial charge >= 0.3 is 0 Å². The van der Waals surface area contributed by atoms with Crippen LogP contribution in [0, 0.1) is 3.57 Å². The number of pyridine rings is 1. The van der Waals surface area contributed by atoms with E-state index in [1.54, 1.807) is 11.3 Å². The van der Waals surface area contributed by atoms with Crippen LogP contribution in [0.4, 0.5) is 11.4 Å². The molecule has 0 atom stereocenters. The number of nitrogens with one attached hydrogen (secondary N) is 1. The number of para-hydroxylation sites is 1. The number of anilines is 2. The Labute approximate surface area is 165 Å². The van der Waals surface area contributed by atoms with E-state index in [0.29, 0.717) is 10.6 Å². The fourth-order valence-electron chi connectivity index (χ4n) is 2.47. The molecule has 0 spiro atoms. The Morgan fingerprint density at radius 2 is 1.96 bits per heavy atom. The molecule has 4 aromatic rings. The number of thiophene rings is 2. The smallest absolute Gasteiger partial charge is 0.267 e. The van der Waals surface area contributed by atoms with Crippen LogP contribution in [0.15, 0.2) is 53.9 Å². The quantitative estimate of drug-likeness (QED) is 0.385. The zero-order valence-corrected chi connectivity index (χ0v) is 16.6. The Morgan fingerprint density at radius 1 is 1.12 bits per heavy atom. The molecule has 0 unspecified atom stereocenters. The normalized spacial score (nSPS) is 10.9. The first kappa shape index (κ1) is 16.5. The molecule has 0 aliphatic heterocycles. The number of fused-ring (bicyclic) bond motifs is 1. The highest BCUT2D eigenvalue weighted by Crippen LogP contribution is 2.35. The predicted molar refractivity (Wildman–Crippen MR) is 114 cm³/mol. The van der Waals surface area contributed by atoms with Crippen LogP contribution in [0.3, 0.4) is 0 Å². The summed E-state index contributed by atoms with van der Waals surface area (Å²) in [5, 5.41) is 5.76. The molecule has 4 nitrogen and oxygen atoms in total. The molecule has 25 heavy (non-hydrogen) atoms. The first-order valence-corrected chi connectivity index (χ1v) is 10.2. The first-order chi connectivity index (χ1) is 12.1. The van der Waals surface area contributed by atoms with E-state index in [1.165, 1.54) is 11.3 Å². The summed E-state index contributed by atoms with van der Waals surface area (Å²) in [7, 11) is 0. The van der Waals surface area contributed by atoms with Gasteiger partial charge in [-0.15, -0.1) is 22.7 Å². The van der Waals surface area contributed by atoms with Crippen molar-refractivity contribution < 1.29 is 4.79 Å². The van der Waals surface area contributed by atoms with Crippen molar-refractivity contribution in [1.29, 1.82) is 0 Å². The Kier molecular flexibility index (Phi) is 4.45. The van der Waals surface area contributed by atoms with Crippen LogP contribution in [0.1, 0.15) is 9.67 Å². The molecular weight excluding hydrogens is 465 g/mol. The summed E-state index contributed by atoms with van der Waals surface area (Å²) in [6.45, 7) is 0. The van der Waals surface area contributed by atoms with E-state index >= 15 is 0 Å². The van der Waals surface area contributed by atoms with E-state index in [2.05, 4.69) is 32.9 Å². The Hall–Kier alpha value is -1.97. The Bertz CT molecular complexity index is 1070. The minimum Gasteiger partial charge on any atom is -0.397 e. The van der Waals surface area contributed by atoms with Crippen molar-refractivity contribution in [3.63, 3.8) is 0 Å².